The van der Waals surface area contributed by atoms with Crippen molar-refractivity contribution in [2.75, 3.05) is 5.73 Å². The summed E-state index contributed by atoms with van der Waals surface area (Å²) in [5.74, 6) is -0.156. The molecular weight excluding hydrogens is 196 g/mol. The number of nitrogens with one attached hydrogen (secondary N) is 1. The molecule has 0 bridgehead atoms. The Labute approximate surface area is 84.4 Å². The zero-order valence-electron chi connectivity index (χ0n) is 7.64. The van der Waals surface area contributed by atoms with Crippen molar-refractivity contribution in [1.82, 2.24) is 15.2 Å². The molecule has 6 nitrogen and oxygen atoms in total. The average Bonchev–Trinajstić information content (AvgIpc) is 2.23. The van der Waals surface area contributed by atoms with Crippen LogP contribution in [-0.4, -0.2) is 20.3 Å². The van der Waals surface area contributed by atoms with Gasteiger partial charge in [-0.15, -0.1) is 10.2 Å². The van der Waals surface area contributed by atoms with Crippen LogP contribution < -0.4 is 11.3 Å². The predicted octanol–water partition coefficient (Wildman–Crippen LogP) is 0.120. The van der Waals surface area contributed by atoms with E-state index in [9.17, 15) is 4.79 Å². The second kappa shape index (κ2) is 3.41. The first kappa shape index (κ1) is 9.20. The Morgan fingerprint density at radius 2 is 2.13 bits per heavy atom. The number of hydrogen-bond acceptors (Lipinski definition) is 5. The minimum Gasteiger partial charge on any atom is -0.492 e. The standard InChI is InChI=1S/C9H8N4O2/c10-6-3-5(4-11-9(6)15)7-1-2-8(14)13-12-7/h1-4H,10H2,(H,11,15)(H,13,14). The van der Waals surface area contributed by atoms with Gasteiger partial charge in [0.25, 0.3) is 5.56 Å². The largest absolute Gasteiger partial charge is 0.492 e. The van der Waals surface area contributed by atoms with Crippen molar-refractivity contribution >= 4 is 5.69 Å². The van der Waals surface area contributed by atoms with Crippen LogP contribution in [0.1, 0.15) is 0 Å². The molecule has 0 atom stereocenters. The molecule has 6 heteroatoms. The van der Waals surface area contributed by atoms with Crippen LogP contribution in [0.15, 0.2) is 29.2 Å². The highest BCUT2D eigenvalue weighted by Gasteiger charge is 2.02. The van der Waals surface area contributed by atoms with Crippen molar-refractivity contribution in [3.63, 3.8) is 0 Å². The number of nitrogens with two attached hydrogens (primary N) is 1. The molecule has 0 amide bonds. The van der Waals surface area contributed by atoms with Gasteiger partial charge in [0.15, 0.2) is 0 Å². The first-order chi connectivity index (χ1) is 7.16. The number of nitrogens with zero attached hydrogens (tertiary/aromatic N) is 2. The topological polar surface area (TPSA) is 105 Å². The minimum atomic E-state index is -0.342. The maximum absolute atomic E-state index is 11.0. The number of H-pyrrole nitrogens is 1. The summed E-state index contributed by atoms with van der Waals surface area (Å²) in [4.78, 5) is 13.5. The van der Waals surface area contributed by atoms with Gasteiger partial charge < -0.3 is 15.8 Å². The molecule has 4 N–H and O–H groups in total. The second-order valence-electron chi connectivity index (χ2n) is 2.95. The number of aromatic amines is 1. The Morgan fingerprint density at radius 3 is 2.73 bits per heavy atom. The highest BCUT2D eigenvalue weighted by Crippen LogP contribution is 2.16. The third-order valence-corrected chi connectivity index (χ3v) is 1.88. The van der Waals surface area contributed by atoms with Crippen molar-refractivity contribution in [1.29, 1.82) is 0 Å². The normalized spacial score (nSPS) is 10.1. The smallest absolute Gasteiger partial charge is 0.271 e. The predicted molar refractivity (Wildman–Crippen MR) is 54.2 cm³/mol. The summed E-state index contributed by atoms with van der Waals surface area (Å²) in [6, 6.07) is 4.49. The molecular formula is C9H8N4O2. The van der Waals surface area contributed by atoms with E-state index >= 15 is 0 Å². The third-order valence-electron chi connectivity index (χ3n) is 1.88. The fraction of sp³-hybridized carbons (Fsp3) is 0. The maximum Gasteiger partial charge on any atom is 0.271 e. The van der Waals surface area contributed by atoms with Crippen LogP contribution in [0.5, 0.6) is 5.88 Å². The molecule has 15 heavy (non-hydrogen) atoms. The molecule has 0 aliphatic heterocycles. The maximum atomic E-state index is 11.0. The van der Waals surface area contributed by atoms with E-state index in [0.29, 0.717) is 11.3 Å². The summed E-state index contributed by atoms with van der Waals surface area (Å²) in [7, 11) is 0. The lowest BCUT2D eigenvalue weighted by atomic mass is 10.2. The van der Waals surface area contributed by atoms with Crippen molar-refractivity contribution in [2.45, 2.75) is 0 Å². The minimum absolute atomic E-state index is 0.113. The van der Waals surface area contributed by atoms with Crippen molar-refractivity contribution < 1.29 is 5.11 Å². The summed E-state index contributed by atoms with van der Waals surface area (Å²) in [5.41, 5.74) is 6.38. The van der Waals surface area contributed by atoms with Crippen LogP contribution in [0, 0.1) is 0 Å². The second-order valence-corrected chi connectivity index (χ2v) is 2.95. The van der Waals surface area contributed by atoms with Gasteiger partial charge in [-0.1, -0.05) is 0 Å². The molecule has 0 fully saturated rings. The van der Waals surface area contributed by atoms with Gasteiger partial charge in [-0.05, 0) is 12.1 Å². The number of anilines is 1. The molecule has 2 aromatic rings. The van der Waals surface area contributed by atoms with Gasteiger partial charge in [-0.25, -0.2) is 0 Å². The summed E-state index contributed by atoms with van der Waals surface area (Å²) in [6.45, 7) is 0. The molecule has 0 saturated heterocycles. The number of hydrogen-bond donors (Lipinski definition) is 3. The van der Waals surface area contributed by atoms with E-state index < -0.39 is 0 Å². The fourth-order valence-corrected chi connectivity index (χ4v) is 1.13. The summed E-state index contributed by atoms with van der Waals surface area (Å²) < 4.78 is 0. The number of nitrogen functional groups attached to an aromatic ring is 1. The highest BCUT2D eigenvalue weighted by atomic mass is 16.3. The Bertz CT molecular complexity index is 533. The van der Waals surface area contributed by atoms with Crippen LogP contribution in [0.25, 0.3) is 11.3 Å². The van der Waals surface area contributed by atoms with Crippen LogP contribution in [-0.2, 0) is 0 Å². The number of rotatable bonds is 1. The van der Waals surface area contributed by atoms with Crippen molar-refractivity contribution in [2.24, 2.45) is 0 Å². The van der Waals surface area contributed by atoms with Gasteiger partial charge in [0.1, 0.15) is 0 Å². The molecule has 0 spiro atoms. The van der Waals surface area contributed by atoms with Gasteiger partial charge in [0.05, 0.1) is 11.4 Å². The lowest BCUT2D eigenvalue weighted by Crippen LogP contribution is -2.10. The first-order valence-corrected chi connectivity index (χ1v) is 4.18. The fourth-order valence-electron chi connectivity index (χ4n) is 1.13. The third kappa shape index (κ3) is 1.78. The Hall–Kier alpha value is -2.37. The monoisotopic (exact) mass is 204 g/mol. The molecule has 0 aliphatic rings. The molecule has 0 aromatic carbocycles. The van der Waals surface area contributed by atoms with E-state index in [4.69, 9.17) is 10.8 Å². The Kier molecular flexibility index (Phi) is 2.09. The highest BCUT2D eigenvalue weighted by molar-refractivity contribution is 5.61. The first-order valence-electron chi connectivity index (χ1n) is 4.18. The average molecular weight is 204 g/mol. The van der Waals surface area contributed by atoms with E-state index in [1.807, 2.05) is 0 Å². The number of aromatic nitrogens is 3. The van der Waals surface area contributed by atoms with Gasteiger partial charge in [0.2, 0.25) is 5.88 Å². The van der Waals surface area contributed by atoms with Gasteiger partial charge in [-0.2, -0.15) is 0 Å². The SMILES string of the molecule is Nc1cc(-c2ccc(O)nn2)c[nH]c1=O. The van der Waals surface area contributed by atoms with E-state index in [2.05, 4.69) is 15.2 Å². The van der Waals surface area contributed by atoms with Gasteiger partial charge in [-0.3, -0.25) is 4.79 Å². The lowest BCUT2D eigenvalue weighted by Gasteiger charge is -2.00. The molecule has 76 valence electrons. The van der Waals surface area contributed by atoms with Crippen LogP contribution >= 0.6 is 0 Å². The quantitative estimate of drug-likeness (QED) is 0.611. The zero-order chi connectivity index (χ0) is 10.8. The molecule has 2 rings (SSSR count). The van der Waals surface area contributed by atoms with E-state index in [1.165, 1.54) is 18.3 Å². The Morgan fingerprint density at radius 1 is 1.33 bits per heavy atom. The molecule has 0 aliphatic carbocycles. The van der Waals surface area contributed by atoms with Crippen LogP contribution in [0.4, 0.5) is 5.69 Å². The molecule has 0 saturated carbocycles. The summed E-state index contributed by atoms with van der Waals surface area (Å²) in [5, 5.41) is 16.2. The Balaban J connectivity index is 2.50. The molecule has 2 aromatic heterocycles. The van der Waals surface area contributed by atoms with Gasteiger partial charge >= 0.3 is 0 Å². The van der Waals surface area contributed by atoms with Crippen LogP contribution in [0.3, 0.4) is 0 Å². The van der Waals surface area contributed by atoms with Crippen molar-refractivity contribution in [3.05, 3.63) is 34.7 Å². The van der Waals surface area contributed by atoms with Gasteiger partial charge in [0, 0.05) is 17.8 Å². The molecule has 2 heterocycles. The van der Waals surface area contributed by atoms with E-state index in [0.717, 1.165) is 0 Å². The molecule has 0 unspecified atom stereocenters. The summed E-state index contributed by atoms with van der Waals surface area (Å²) >= 11 is 0. The zero-order valence-corrected chi connectivity index (χ0v) is 7.64. The van der Waals surface area contributed by atoms with E-state index in [-0.39, 0.29) is 17.1 Å². The van der Waals surface area contributed by atoms with Crippen molar-refractivity contribution in [3.8, 4) is 17.1 Å². The molecule has 0 radical (unpaired) electrons. The number of aromatic hydroxyl groups is 1. The van der Waals surface area contributed by atoms with E-state index in [1.54, 1.807) is 6.07 Å². The van der Waals surface area contributed by atoms with Crippen LogP contribution in [0.2, 0.25) is 0 Å². The summed E-state index contributed by atoms with van der Waals surface area (Å²) in [6.07, 6.45) is 1.49. The number of pyridine rings is 1. The lowest BCUT2D eigenvalue weighted by molar-refractivity contribution is 0.445.